The lowest BCUT2D eigenvalue weighted by atomic mass is 9.90. The molecule has 2 fully saturated rings. The fourth-order valence-electron chi connectivity index (χ4n) is 4.19. The van der Waals surface area contributed by atoms with Crippen LogP contribution in [0.15, 0.2) is 41.9 Å². The van der Waals surface area contributed by atoms with Crippen LogP contribution in [-0.4, -0.2) is 40.9 Å². The van der Waals surface area contributed by atoms with E-state index in [1.165, 1.54) is 30.8 Å². The van der Waals surface area contributed by atoms with Crippen LogP contribution < -0.4 is 0 Å². The normalized spacial score (nSPS) is 29.9. The Labute approximate surface area is 130 Å². The lowest BCUT2D eigenvalue weighted by molar-refractivity contribution is 0.224. The largest absolute Gasteiger partial charge is 0.299 e. The molecule has 2 aliphatic heterocycles. The molecule has 0 radical (unpaired) electrons. The molecule has 3 nitrogen and oxygen atoms in total. The number of likely N-dealkylation sites (tertiary alicyclic amines) is 2. The molecule has 0 aliphatic carbocycles. The summed E-state index contributed by atoms with van der Waals surface area (Å²) < 4.78 is 4.22. The van der Waals surface area contributed by atoms with Gasteiger partial charge >= 0.3 is 0 Å². The van der Waals surface area contributed by atoms with Crippen molar-refractivity contribution in [1.82, 2.24) is 14.2 Å². The van der Waals surface area contributed by atoms with E-state index in [0.29, 0.717) is 6.04 Å². The molecule has 3 atom stereocenters. The van der Waals surface area contributed by atoms with Gasteiger partial charge in [0.2, 0.25) is 0 Å². The first kappa shape index (κ1) is 13.4. The Balaban J connectivity index is 1.51. The Morgan fingerprint density at radius 2 is 2.05 bits per heavy atom. The Morgan fingerprint density at radius 1 is 1.19 bits per heavy atom. The van der Waals surface area contributed by atoms with Crippen molar-refractivity contribution >= 4 is 11.5 Å². The van der Waals surface area contributed by atoms with E-state index in [-0.39, 0.29) is 0 Å². The molecular formula is C17H21N3S. The van der Waals surface area contributed by atoms with Crippen LogP contribution in [0.2, 0.25) is 0 Å². The number of hydrogen-bond acceptors (Lipinski definition) is 4. The first-order valence-corrected chi connectivity index (χ1v) is 8.51. The first-order chi connectivity index (χ1) is 10.3. The lowest BCUT2D eigenvalue weighted by Gasteiger charge is -2.26. The minimum absolute atomic E-state index is 0.585. The van der Waals surface area contributed by atoms with Crippen LogP contribution >= 0.6 is 11.5 Å². The van der Waals surface area contributed by atoms with Gasteiger partial charge in [0.05, 0.1) is 0 Å². The van der Waals surface area contributed by atoms with E-state index in [4.69, 9.17) is 0 Å². The maximum absolute atomic E-state index is 4.22. The Kier molecular flexibility index (Phi) is 3.53. The molecule has 110 valence electrons. The highest BCUT2D eigenvalue weighted by molar-refractivity contribution is 7.03. The van der Waals surface area contributed by atoms with Crippen LogP contribution in [0.5, 0.6) is 0 Å². The van der Waals surface area contributed by atoms with Crippen molar-refractivity contribution in [3.05, 3.63) is 53.0 Å². The number of nitrogens with zero attached hydrogens (tertiary/aromatic N) is 3. The van der Waals surface area contributed by atoms with Gasteiger partial charge in [-0.15, -0.1) is 0 Å². The number of hydrogen-bond donors (Lipinski definition) is 0. The highest BCUT2D eigenvalue weighted by atomic mass is 32.1. The fraction of sp³-hybridized carbons (Fsp3) is 0.471. The predicted octanol–water partition coefficient (Wildman–Crippen LogP) is 2.88. The summed E-state index contributed by atoms with van der Waals surface area (Å²) in [6.07, 6.45) is 2.01. The lowest BCUT2D eigenvalue weighted by Crippen LogP contribution is -2.28. The van der Waals surface area contributed by atoms with Gasteiger partial charge in [-0.2, -0.15) is 0 Å². The van der Waals surface area contributed by atoms with Gasteiger partial charge in [-0.1, -0.05) is 30.3 Å². The second-order valence-corrected chi connectivity index (χ2v) is 7.10. The van der Waals surface area contributed by atoms with Gasteiger partial charge in [-0.3, -0.25) is 9.80 Å². The third-order valence-electron chi connectivity index (χ3n) is 5.00. The number of aromatic nitrogens is 1. The fourth-order valence-corrected chi connectivity index (χ4v) is 4.72. The summed E-state index contributed by atoms with van der Waals surface area (Å²) >= 11 is 1.56. The average Bonchev–Trinajstić information content (AvgIpc) is 3.17. The molecule has 2 saturated heterocycles. The van der Waals surface area contributed by atoms with E-state index in [9.17, 15) is 0 Å². The van der Waals surface area contributed by atoms with Crippen LogP contribution in [0, 0.1) is 11.8 Å². The van der Waals surface area contributed by atoms with Crippen molar-refractivity contribution in [2.75, 3.05) is 26.7 Å². The van der Waals surface area contributed by atoms with Gasteiger partial charge in [-0.05, 0) is 41.5 Å². The van der Waals surface area contributed by atoms with Crippen LogP contribution in [-0.2, 0) is 6.54 Å². The summed E-state index contributed by atoms with van der Waals surface area (Å²) in [5, 5.41) is 2.18. The minimum atomic E-state index is 0.585. The molecule has 1 aromatic heterocycles. The number of rotatable bonds is 3. The van der Waals surface area contributed by atoms with Crippen LogP contribution in [0.4, 0.5) is 0 Å². The Bertz CT molecular complexity index is 583. The van der Waals surface area contributed by atoms with Crippen LogP contribution in [0.3, 0.4) is 0 Å². The molecule has 0 spiro atoms. The summed E-state index contributed by atoms with van der Waals surface area (Å²) in [7, 11) is 2.28. The van der Waals surface area contributed by atoms with Crippen molar-refractivity contribution < 1.29 is 0 Å². The second kappa shape index (κ2) is 5.52. The maximum atomic E-state index is 4.22. The summed E-state index contributed by atoms with van der Waals surface area (Å²) in [5.74, 6) is 1.58. The first-order valence-electron chi connectivity index (χ1n) is 7.67. The predicted molar refractivity (Wildman–Crippen MR) is 86.2 cm³/mol. The topological polar surface area (TPSA) is 19.4 Å². The SMILES string of the molecule is CN1C[C@H]2CN(Cc3cnsc3)C[C@H]2[C@@H]1c1ccccc1. The number of fused-ring (bicyclic) bond motifs is 1. The van der Waals surface area contributed by atoms with Crippen molar-refractivity contribution in [3.63, 3.8) is 0 Å². The minimum Gasteiger partial charge on any atom is -0.299 e. The molecule has 2 aliphatic rings. The zero-order valence-corrected chi connectivity index (χ0v) is 13.2. The van der Waals surface area contributed by atoms with Crippen molar-refractivity contribution in [3.8, 4) is 0 Å². The molecule has 0 unspecified atom stereocenters. The van der Waals surface area contributed by atoms with Gasteiger partial charge in [0, 0.05) is 43.8 Å². The van der Waals surface area contributed by atoms with Gasteiger partial charge in [0.1, 0.15) is 0 Å². The van der Waals surface area contributed by atoms with Gasteiger partial charge in [-0.25, -0.2) is 4.37 Å². The number of benzene rings is 1. The second-order valence-electron chi connectivity index (χ2n) is 6.45. The summed E-state index contributed by atoms with van der Waals surface area (Å²) in [5.41, 5.74) is 2.84. The smallest absolute Gasteiger partial charge is 0.0452 e. The molecule has 0 bridgehead atoms. The highest BCUT2D eigenvalue weighted by Gasteiger charge is 2.45. The molecule has 1 aromatic carbocycles. The zero-order chi connectivity index (χ0) is 14.2. The third-order valence-corrected chi connectivity index (χ3v) is 5.64. The van der Waals surface area contributed by atoms with Crippen LogP contribution in [0.1, 0.15) is 17.2 Å². The van der Waals surface area contributed by atoms with E-state index in [0.717, 1.165) is 18.4 Å². The summed E-state index contributed by atoms with van der Waals surface area (Å²) in [6.45, 7) is 4.73. The third kappa shape index (κ3) is 2.52. The summed E-state index contributed by atoms with van der Waals surface area (Å²) in [6, 6.07) is 11.6. The molecule has 0 saturated carbocycles. The molecule has 0 amide bonds. The van der Waals surface area contributed by atoms with Crippen LogP contribution in [0.25, 0.3) is 0 Å². The van der Waals surface area contributed by atoms with E-state index in [1.807, 2.05) is 6.20 Å². The molecule has 4 heteroatoms. The van der Waals surface area contributed by atoms with Gasteiger partial charge < -0.3 is 0 Å². The molecule has 4 rings (SSSR count). The maximum Gasteiger partial charge on any atom is 0.0452 e. The molecule has 0 N–H and O–H groups in total. The Morgan fingerprint density at radius 3 is 2.81 bits per heavy atom. The van der Waals surface area contributed by atoms with E-state index in [2.05, 4.69) is 56.9 Å². The van der Waals surface area contributed by atoms with E-state index >= 15 is 0 Å². The molecule has 2 aromatic rings. The van der Waals surface area contributed by atoms with E-state index < -0.39 is 0 Å². The van der Waals surface area contributed by atoms with Crippen molar-refractivity contribution in [1.29, 1.82) is 0 Å². The van der Waals surface area contributed by atoms with E-state index in [1.54, 1.807) is 11.5 Å². The van der Waals surface area contributed by atoms with Gasteiger partial charge in [0.15, 0.2) is 0 Å². The van der Waals surface area contributed by atoms with Crippen molar-refractivity contribution in [2.24, 2.45) is 11.8 Å². The standard InChI is InChI=1S/C17H21N3S/c1-19-9-15-10-20(8-13-7-18-21-12-13)11-16(15)17(19)14-5-3-2-4-6-14/h2-7,12,15-17H,8-11H2,1H3/t15-,16+,17-/m0/s1. The molecule has 3 heterocycles. The molecular weight excluding hydrogens is 278 g/mol. The van der Waals surface area contributed by atoms with Gasteiger partial charge in [0.25, 0.3) is 0 Å². The molecule has 21 heavy (non-hydrogen) atoms. The quantitative estimate of drug-likeness (QED) is 0.869. The summed E-state index contributed by atoms with van der Waals surface area (Å²) in [4.78, 5) is 5.16. The van der Waals surface area contributed by atoms with Crippen molar-refractivity contribution in [2.45, 2.75) is 12.6 Å². The zero-order valence-electron chi connectivity index (χ0n) is 12.4. The highest BCUT2D eigenvalue weighted by Crippen LogP contribution is 2.44. The average molecular weight is 299 g/mol. The monoisotopic (exact) mass is 299 g/mol. The Hall–Kier alpha value is -1.23.